The zero-order valence-electron chi connectivity index (χ0n) is 13.0. The van der Waals surface area contributed by atoms with E-state index >= 15 is 0 Å². The first kappa shape index (κ1) is 15.0. The average Bonchev–Trinajstić information content (AvgIpc) is 2.57. The van der Waals surface area contributed by atoms with E-state index in [2.05, 4.69) is 0 Å². The molecule has 3 rings (SSSR count). The summed E-state index contributed by atoms with van der Waals surface area (Å²) in [5.74, 6) is 0.140. The SMILES string of the molecule is CCC(=O)N1CCCC2(C1)CN(c1ccccc1)C(=O)CO2. The predicted octanol–water partition coefficient (Wildman–Crippen LogP) is 1.82. The van der Waals surface area contributed by atoms with Crippen molar-refractivity contribution >= 4 is 17.5 Å². The van der Waals surface area contributed by atoms with Gasteiger partial charge in [-0.15, -0.1) is 0 Å². The van der Waals surface area contributed by atoms with Gasteiger partial charge >= 0.3 is 0 Å². The average molecular weight is 302 g/mol. The molecule has 22 heavy (non-hydrogen) atoms. The Labute approximate surface area is 130 Å². The second-order valence-electron chi connectivity index (χ2n) is 6.06. The van der Waals surface area contributed by atoms with Gasteiger partial charge in [-0.05, 0) is 25.0 Å². The molecule has 1 unspecified atom stereocenters. The maximum absolute atomic E-state index is 12.2. The molecule has 0 N–H and O–H groups in total. The maximum Gasteiger partial charge on any atom is 0.253 e. The van der Waals surface area contributed by atoms with Crippen LogP contribution >= 0.6 is 0 Å². The largest absolute Gasteiger partial charge is 0.361 e. The van der Waals surface area contributed by atoms with E-state index in [0.29, 0.717) is 19.5 Å². The van der Waals surface area contributed by atoms with E-state index in [1.165, 1.54) is 0 Å². The summed E-state index contributed by atoms with van der Waals surface area (Å²) in [5.41, 5.74) is 0.474. The lowest BCUT2D eigenvalue weighted by Gasteiger charge is -2.47. The van der Waals surface area contributed by atoms with Gasteiger partial charge in [0.2, 0.25) is 5.91 Å². The molecule has 1 aromatic carbocycles. The van der Waals surface area contributed by atoms with Crippen molar-refractivity contribution in [1.82, 2.24) is 4.90 Å². The van der Waals surface area contributed by atoms with Crippen LogP contribution in [0.25, 0.3) is 0 Å². The lowest BCUT2D eigenvalue weighted by atomic mass is 9.90. The van der Waals surface area contributed by atoms with Crippen LogP contribution in [0.2, 0.25) is 0 Å². The van der Waals surface area contributed by atoms with Gasteiger partial charge in [0, 0.05) is 18.7 Å². The molecule has 2 aliphatic heterocycles. The number of amides is 2. The standard InChI is InChI=1S/C17H22N2O3/c1-2-15(20)18-10-6-9-17(12-18)13-19(16(21)11-22-17)14-7-4-3-5-8-14/h3-5,7-8H,2,6,9-13H2,1H3. The minimum absolute atomic E-state index is 0.0178. The third-order valence-electron chi connectivity index (χ3n) is 4.51. The Morgan fingerprint density at radius 1 is 1.27 bits per heavy atom. The fourth-order valence-corrected chi connectivity index (χ4v) is 3.34. The molecule has 0 bridgehead atoms. The van der Waals surface area contributed by atoms with Crippen LogP contribution in [0.15, 0.2) is 30.3 Å². The van der Waals surface area contributed by atoms with E-state index in [1.54, 1.807) is 4.90 Å². The fraction of sp³-hybridized carbons (Fsp3) is 0.529. The van der Waals surface area contributed by atoms with Gasteiger partial charge in [0.1, 0.15) is 12.2 Å². The van der Waals surface area contributed by atoms with Crippen molar-refractivity contribution in [3.8, 4) is 0 Å². The molecule has 5 nitrogen and oxygen atoms in total. The van der Waals surface area contributed by atoms with Gasteiger partial charge in [-0.25, -0.2) is 0 Å². The van der Waals surface area contributed by atoms with Gasteiger partial charge in [0.25, 0.3) is 5.91 Å². The number of ether oxygens (including phenoxy) is 1. The Kier molecular flexibility index (Phi) is 4.16. The van der Waals surface area contributed by atoms with E-state index in [0.717, 1.165) is 25.1 Å². The smallest absolute Gasteiger partial charge is 0.253 e. The number of carbonyl (C=O) groups is 2. The Bertz CT molecular complexity index is 560. The quantitative estimate of drug-likeness (QED) is 0.837. The minimum Gasteiger partial charge on any atom is -0.361 e. The first-order valence-corrected chi connectivity index (χ1v) is 7.91. The van der Waals surface area contributed by atoms with E-state index < -0.39 is 5.60 Å². The summed E-state index contributed by atoms with van der Waals surface area (Å²) in [4.78, 5) is 27.9. The monoisotopic (exact) mass is 302 g/mol. The van der Waals surface area contributed by atoms with E-state index in [9.17, 15) is 9.59 Å². The molecule has 2 saturated heterocycles. The molecule has 1 atom stereocenters. The van der Waals surface area contributed by atoms with Crippen LogP contribution in [-0.2, 0) is 14.3 Å². The van der Waals surface area contributed by atoms with Crippen molar-refractivity contribution in [2.24, 2.45) is 0 Å². The predicted molar refractivity (Wildman–Crippen MR) is 83.6 cm³/mol. The molecule has 1 aromatic rings. The number of rotatable bonds is 2. The number of carbonyl (C=O) groups excluding carboxylic acids is 2. The third-order valence-corrected chi connectivity index (χ3v) is 4.51. The molecule has 2 amide bonds. The number of morpholine rings is 1. The van der Waals surface area contributed by atoms with Crippen molar-refractivity contribution in [1.29, 1.82) is 0 Å². The lowest BCUT2D eigenvalue weighted by molar-refractivity contribution is -0.153. The van der Waals surface area contributed by atoms with Gasteiger partial charge < -0.3 is 14.5 Å². The normalized spacial score (nSPS) is 25.6. The molecule has 2 heterocycles. The number of anilines is 1. The summed E-state index contributed by atoms with van der Waals surface area (Å²) >= 11 is 0. The van der Waals surface area contributed by atoms with Gasteiger partial charge in [-0.2, -0.15) is 0 Å². The highest BCUT2D eigenvalue weighted by atomic mass is 16.5. The summed E-state index contributed by atoms with van der Waals surface area (Å²) in [5, 5.41) is 0. The fourth-order valence-electron chi connectivity index (χ4n) is 3.34. The summed E-state index contributed by atoms with van der Waals surface area (Å²) in [6.07, 6.45) is 2.32. The maximum atomic E-state index is 12.2. The van der Waals surface area contributed by atoms with Crippen LogP contribution in [-0.4, -0.2) is 48.6 Å². The van der Waals surface area contributed by atoms with Crippen molar-refractivity contribution < 1.29 is 14.3 Å². The Hall–Kier alpha value is -1.88. The van der Waals surface area contributed by atoms with Gasteiger partial charge in [0.15, 0.2) is 0 Å². The van der Waals surface area contributed by atoms with Crippen LogP contribution in [0.3, 0.4) is 0 Å². The van der Waals surface area contributed by atoms with Gasteiger partial charge in [-0.3, -0.25) is 9.59 Å². The highest BCUT2D eigenvalue weighted by Crippen LogP contribution is 2.31. The number of likely N-dealkylation sites (tertiary alicyclic amines) is 1. The van der Waals surface area contributed by atoms with E-state index in [-0.39, 0.29) is 18.4 Å². The zero-order chi connectivity index (χ0) is 15.6. The number of para-hydroxylation sites is 1. The van der Waals surface area contributed by atoms with Crippen LogP contribution in [0.5, 0.6) is 0 Å². The summed E-state index contributed by atoms with van der Waals surface area (Å²) in [7, 11) is 0. The zero-order valence-corrected chi connectivity index (χ0v) is 13.0. The van der Waals surface area contributed by atoms with E-state index in [4.69, 9.17) is 4.74 Å². The molecule has 0 aromatic heterocycles. The van der Waals surface area contributed by atoms with Gasteiger partial charge in [0.05, 0.1) is 13.1 Å². The molecule has 2 aliphatic rings. The molecule has 5 heteroatoms. The van der Waals surface area contributed by atoms with Crippen LogP contribution in [0.4, 0.5) is 5.69 Å². The Balaban J connectivity index is 1.80. The van der Waals surface area contributed by atoms with Gasteiger partial charge in [-0.1, -0.05) is 25.1 Å². The van der Waals surface area contributed by atoms with Crippen molar-refractivity contribution in [3.05, 3.63) is 30.3 Å². The number of hydrogen-bond acceptors (Lipinski definition) is 3. The molecule has 0 aliphatic carbocycles. The summed E-state index contributed by atoms with van der Waals surface area (Å²) in [6.45, 7) is 3.85. The second kappa shape index (κ2) is 6.08. The van der Waals surface area contributed by atoms with Crippen LogP contribution in [0, 0.1) is 0 Å². The minimum atomic E-state index is -0.424. The molecule has 2 fully saturated rings. The molecule has 0 saturated carbocycles. The highest BCUT2D eigenvalue weighted by molar-refractivity contribution is 5.95. The first-order chi connectivity index (χ1) is 10.6. The molecule has 118 valence electrons. The molecule has 1 spiro atoms. The summed E-state index contributed by atoms with van der Waals surface area (Å²) < 4.78 is 5.91. The second-order valence-corrected chi connectivity index (χ2v) is 6.06. The number of piperidine rings is 1. The number of benzene rings is 1. The number of nitrogens with zero attached hydrogens (tertiary/aromatic N) is 2. The summed E-state index contributed by atoms with van der Waals surface area (Å²) in [6, 6.07) is 9.67. The molecular weight excluding hydrogens is 280 g/mol. The van der Waals surface area contributed by atoms with Crippen molar-refractivity contribution in [3.63, 3.8) is 0 Å². The number of hydrogen-bond donors (Lipinski definition) is 0. The molecular formula is C17H22N2O3. The van der Waals surface area contributed by atoms with Crippen molar-refractivity contribution in [2.45, 2.75) is 31.8 Å². The van der Waals surface area contributed by atoms with E-state index in [1.807, 2.05) is 42.2 Å². The Morgan fingerprint density at radius 3 is 2.77 bits per heavy atom. The highest BCUT2D eigenvalue weighted by Gasteiger charge is 2.44. The third kappa shape index (κ3) is 2.86. The topological polar surface area (TPSA) is 49.9 Å². The van der Waals surface area contributed by atoms with Crippen LogP contribution in [0.1, 0.15) is 26.2 Å². The van der Waals surface area contributed by atoms with Crippen LogP contribution < -0.4 is 4.90 Å². The Morgan fingerprint density at radius 2 is 2.05 bits per heavy atom. The lowest BCUT2D eigenvalue weighted by Crippen LogP contribution is -2.62. The molecule has 0 radical (unpaired) electrons. The first-order valence-electron chi connectivity index (χ1n) is 7.91. The van der Waals surface area contributed by atoms with Crippen molar-refractivity contribution in [2.75, 3.05) is 31.1 Å².